The van der Waals surface area contributed by atoms with Crippen LogP contribution in [0.2, 0.25) is 0 Å². The highest BCUT2D eigenvalue weighted by Crippen LogP contribution is 2.50. The molecule has 2 aliphatic heterocycles. The van der Waals surface area contributed by atoms with E-state index in [4.69, 9.17) is 4.74 Å². The maximum Gasteiger partial charge on any atom is 0.254 e. The molecule has 2 fully saturated rings. The number of nitrogens with one attached hydrogen (secondary N) is 1. The lowest BCUT2D eigenvalue weighted by atomic mass is 9.70. The van der Waals surface area contributed by atoms with Gasteiger partial charge in [-0.1, -0.05) is 57.0 Å². The molecule has 0 aromatic heterocycles. The fraction of sp³-hybridized carbons (Fsp3) is 0.741. The van der Waals surface area contributed by atoms with Crippen LogP contribution in [0.4, 0.5) is 0 Å². The van der Waals surface area contributed by atoms with Gasteiger partial charge in [0.15, 0.2) is 5.60 Å². The highest BCUT2D eigenvalue weighted by molar-refractivity contribution is 5.88. The van der Waals surface area contributed by atoms with E-state index in [0.717, 1.165) is 44.1 Å². The number of benzene rings is 1. The zero-order chi connectivity index (χ0) is 23.6. The number of piperidine rings is 1. The van der Waals surface area contributed by atoms with E-state index < -0.39 is 17.4 Å². The first kappa shape index (κ1) is 25.2. The topological polar surface area (TPSA) is 61.8 Å². The Hall–Kier alpha value is -1.43. The molecule has 0 radical (unpaired) electrons. The summed E-state index contributed by atoms with van der Waals surface area (Å²) in [4.78, 5) is 15.9. The average molecular weight is 445 g/mol. The summed E-state index contributed by atoms with van der Waals surface area (Å²) >= 11 is 0. The second kappa shape index (κ2) is 9.44. The van der Waals surface area contributed by atoms with Crippen molar-refractivity contribution in [3.05, 3.63) is 35.9 Å². The molecule has 0 bridgehead atoms. The number of β-amino-alcohol motifs (C(OH)–C–C–N with tert-alkyl or cyclic N) is 1. The van der Waals surface area contributed by atoms with Gasteiger partial charge in [0.05, 0.1) is 6.10 Å². The van der Waals surface area contributed by atoms with Crippen LogP contribution in [0.1, 0.15) is 105 Å². The third-order valence-electron chi connectivity index (χ3n) is 7.45. The van der Waals surface area contributed by atoms with Gasteiger partial charge in [-0.25, -0.2) is 0 Å². The van der Waals surface area contributed by atoms with Gasteiger partial charge in [-0.2, -0.15) is 0 Å². The molecular weight excluding hydrogens is 400 g/mol. The number of carbonyl (C=O) groups is 1. The number of amides is 1. The third-order valence-corrected chi connectivity index (χ3v) is 7.45. The minimum Gasteiger partial charge on any atom is -0.387 e. The predicted octanol–water partition coefficient (Wildman–Crippen LogP) is 5.33. The van der Waals surface area contributed by atoms with Crippen molar-refractivity contribution < 1.29 is 14.6 Å². The monoisotopic (exact) mass is 444 g/mol. The molecule has 0 saturated carbocycles. The normalized spacial score (nSPS) is 24.4. The van der Waals surface area contributed by atoms with Crippen molar-refractivity contribution >= 4 is 5.91 Å². The number of carbonyl (C=O) groups excluding carboxylic acids is 1. The number of aliphatic hydroxyl groups excluding tert-OH is 1. The van der Waals surface area contributed by atoms with Gasteiger partial charge in [0.2, 0.25) is 0 Å². The Balaban J connectivity index is 1.85. The number of likely N-dealkylation sites (tertiary alicyclic amines) is 1. The maximum absolute atomic E-state index is 13.5. The van der Waals surface area contributed by atoms with Gasteiger partial charge in [-0.15, -0.1) is 0 Å². The second-order valence-corrected chi connectivity index (χ2v) is 11.3. The number of ether oxygens (including phenoxy) is 1. The lowest BCUT2D eigenvalue weighted by molar-refractivity contribution is -0.194. The average Bonchev–Trinajstić information content (AvgIpc) is 2.98. The van der Waals surface area contributed by atoms with Gasteiger partial charge in [0, 0.05) is 30.5 Å². The molecule has 5 nitrogen and oxygen atoms in total. The molecule has 1 aromatic rings. The van der Waals surface area contributed by atoms with Crippen LogP contribution < -0.4 is 5.32 Å². The quantitative estimate of drug-likeness (QED) is 0.540. The molecule has 5 heteroatoms. The van der Waals surface area contributed by atoms with Gasteiger partial charge < -0.3 is 15.2 Å². The summed E-state index contributed by atoms with van der Waals surface area (Å²) in [6, 6.07) is 9.83. The van der Waals surface area contributed by atoms with Crippen LogP contribution >= 0.6 is 0 Å². The van der Waals surface area contributed by atoms with Crippen molar-refractivity contribution in [2.45, 2.75) is 121 Å². The standard InChI is InChI=1S/C27H44N2O3/c1-7-9-16-27(17-10-8-2)28-23(31)26(32-27)19-24(3,4)29(25(5,6)20-26)18-22(30)21-14-12-11-13-15-21/h11-15,22,30H,7-10,16-20H2,1-6H3,(H,28,31). The van der Waals surface area contributed by atoms with Gasteiger partial charge in [-0.05, 0) is 58.9 Å². The minimum absolute atomic E-state index is 0.0501. The Morgan fingerprint density at radius 1 is 1.00 bits per heavy atom. The van der Waals surface area contributed by atoms with E-state index in [9.17, 15) is 9.90 Å². The number of nitrogens with zero attached hydrogens (tertiary/aromatic N) is 1. The van der Waals surface area contributed by atoms with E-state index in [1.807, 2.05) is 30.3 Å². The molecule has 1 unspecified atom stereocenters. The molecule has 2 aliphatic rings. The molecule has 3 rings (SSSR count). The summed E-state index contributed by atoms with van der Waals surface area (Å²) in [5.41, 5.74) is -1.04. The fourth-order valence-electron chi connectivity index (χ4n) is 6.19. The molecular formula is C27H44N2O3. The summed E-state index contributed by atoms with van der Waals surface area (Å²) in [5, 5.41) is 14.3. The molecule has 1 aromatic carbocycles. The van der Waals surface area contributed by atoms with Gasteiger partial charge in [0.1, 0.15) is 5.72 Å². The van der Waals surface area contributed by atoms with Crippen molar-refractivity contribution in [1.29, 1.82) is 0 Å². The van der Waals surface area contributed by atoms with Crippen molar-refractivity contribution in [3.8, 4) is 0 Å². The Labute approximate surface area is 194 Å². The van der Waals surface area contributed by atoms with E-state index in [-0.39, 0.29) is 17.0 Å². The summed E-state index contributed by atoms with van der Waals surface area (Å²) < 4.78 is 6.85. The molecule has 0 aliphatic carbocycles. The predicted molar refractivity (Wildman–Crippen MR) is 129 cm³/mol. The van der Waals surface area contributed by atoms with E-state index in [1.54, 1.807) is 0 Å². The molecule has 180 valence electrons. The zero-order valence-corrected chi connectivity index (χ0v) is 21.0. The van der Waals surface area contributed by atoms with Crippen LogP contribution in [0, 0.1) is 0 Å². The summed E-state index contributed by atoms with van der Waals surface area (Å²) in [6.07, 6.45) is 6.67. The number of unbranched alkanes of at least 4 members (excludes halogenated alkanes) is 2. The highest BCUT2D eigenvalue weighted by Gasteiger charge is 2.63. The first-order valence-corrected chi connectivity index (χ1v) is 12.5. The Bertz CT molecular complexity index is 748. The summed E-state index contributed by atoms with van der Waals surface area (Å²) in [7, 11) is 0. The van der Waals surface area contributed by atoms with E-state index in [2.05, 4.69) is 51.8 Å². The third kappa shape index (κ3) is 5.05. The first-order chi connectivity index (χ1) is 15.0. The van der Waals surface area contributed by atoms with E-state index >= 15 is 0 Å². The molecule has 1 spiro atoms. The lowest BCUT2D eigenvalue weighted by Gasteiger charge is -2.58. The number of rotatable bonds is 9. The number of hydrogen-bond acceptors (Lipinski definition) is 4. The summed E-state index contributed by atoms with van der Waals surface area (Å²) in [5.74, 6) is 0.0501. The Morgan fingerprint density at radius 2 is 1.53 bits per heavy atom. The maximum atomic E-state index is 13.5. The van der Waals surface area contributed by atoms with E-state index in [0.29, 0.717) is 19.4 Å². The van der Waals surface area contributed by atoms with Crippen molar-refractivity contribution in [2.24, 2.45) is 0 Å². The van der Waals surface area contributed by atoms with Crippen molar-refractivity contribution in [3.63, 3.8) is 0 Å². The lowest BCUT2D eigenvalue weighted by Crippen LogP contribution is -2.67. The fourth-order valence-corrected chi connectivity index (χ4v) is 6.19. The molecule has 2 heterocycles. The molecule has 1 atom stereocenters. The SMILES string of the molecule is CCCCC1(CCCC)NC(=O)C2(CC(C)(C)N(CC(O)c3ccccc3)C(C)(C)C2)O1. The largest absolute Gasteiger partial charge is 0.387 e. The molecule has 2 saturated heterocycles. The Kier molecular flexibility index (Phi) is 7.43. The minimum atomic E-state index is -0.817. The van der Waals surface area contributed by atoms with Crippen LogP contribution in [0.3, 0.4) is 0 Å². The van der Waals surface area contributed by atoms with Crippen LogP contribution in [-0.4, -0.2) is 44.9 Å². The van der Waals surface area contributed by atoms with Gasteiger partial charge >= 0.3 is 0 Å². The van der Waals surface area contributed by atoms with Gasteiger partial charge in [-0.3, -0.25) is 9.69 Å². The van der Waals surface area contributed by atoms with Gasteiger partial charge in [0.25, 0.3) is 5.91 Å². The Morgan fingerprint density at radius 3 is 2.03 bits per heavy atom. The molecule has 1 amide bonds. The van der Waals surface area contributed by atoms with E-state index in [1.165, 1.54) is 0 Å². The number of aliphatic hydroxyl groups is 1. The molecule has 32 heavy (non-hydrogen) atoms. The second-order valence-electron chi connectivity index (χ2n) is 11.3. The van der Waals surface area contributed by atoms with Crippen LogP contribution in [-0.2, 0) is 9.53 Å². The number of hydrogen-bond donors (Lipinski definition) is 2. The van der Waals surface area contributed by atoms with Crippen LogP contribution in [0.15, 0.2) is 30.3 Å². The first-order valence-electron chi connectivity index (χ1n) is 12.5. The summed E-state index contributed by atoms with van der Waals surface area (Å²) in [6.45, 7) is 13.6. The molecule has 2 N–H and O–H groups in total. The van der Waals surface area contributed by atoms with Crippen LogP contribution in [0.5, 0.6) is 0 Å². The van der Waals surface area contributed by atoms with Crippen LogP contribution in [0.25, 0.3) is 0 Å². The smallest absolute Gasteiger partial charge is 0.254 e. The highest BCUT2D eigenvalue weighted by atomic mass is 16.6. The zero-order valence-electron chi connectivity index (χ0n) is 21.0. The van der Waals surface area contributed by atoms with Crippen molar-refractivity contribution in [1.82, 2.24) is 10.2 Å². The van der Waals surface area contributed by atoms with Crippen molar-refractivity contribution in [2.75, 3.05) is 6.54 Å².